The number of carbonyl (C=O) groups is 1. The van der Waals surface area contributed by atoms with Gasteiger partial charge in [0.25, 0.3) is 0 Å². The Morgan fingerprint density at radius 2 is 2.25 bits per heavy atom. The first-order valence-corrected chi connectivity index (χ1v) is 5.39. The van der Waals surface area contributed by atoms with Gasteiger partial charge in [-0.2, -0.15) is 0 Å². The van der Waals surface area contributed by atoms with E-state index >= 15 is 0 Å². The van der Waals surface area contributed by atoms with E-state index in [9.17, 15) is 4.79 Å². The zero-order valence-electron chi connectivity index (χ0n) is 9.51. The van der Waals surface area contributed by atoms with Gasteiger partial charge in [0.05, 0.1) is 13.2 Å². The third-order valence-electron chi connectivity index (χ3n) is 3.02. The van der Waals surface area contributed by atoms with Gasteiger partial charge in [0.1, 0.15) is 11.8 Å². The number of nitrogens with two attached hydrogens (primary N) is 1. The van der Waals surface area contributed by atoms with Crippen LogP contribution in [0.5, 0.6) is 5.75 Å². The van der Waals surface area contributed by atoms with Crippen LogP contribution in [0.15, 0.2) is 24.3 Å². The van der Waals surface area contributed by atoms with E-state index < -0.39 is 6.04 Å². The fourth-order valence-corrected chi connectivity index (χ4v) is 2.14. The van der Waals surface area contributed by atoms with E-state index in [4.69, 9.17) is 10.5 Å². The molecule has 0 spiro atoms. The van der Waals surface area contributed by atoms with E-state index in [2.05, 4.69) is 0 Å². The minimum atomic E-state index is -0.410. The van der Waals surface area contributed by atoms with Crippen molar-refractivity contribution in [3.05, 3.63) is 29.8 Å². The number of rotatable bonds is 3. The highest BCUT2D eigenvalue weighted by molar-refractivity contribution is 5.89. The minimum absolute atomic E-state index is 0.00685. The molecule has 1 fully saturated rings. The van der Waals surface area contributed by atoms with Gasteiger partial charge in [-0.15, -0.1) is 0 Å². The van der Waals surface area contributed by atoms with Crippen LogP contribution in [-0.4, -0.2) is 30.5 Å². The summed E-state index contributed by atoms with van der Waals surface area (Å²) in [5.41, 5.74) is 6.86. The number of likely N-dealkylation sites (tertiary alicyclic amines) is 1. The Morgan fingerprint density at radius 3 is 2.88 bits per heavy atom. The smallest absolute Gasteiger partial charge is 0.242 e. The Morgan fingerprint density at radius 1 is 1.50 bits per heavy atom. The lowest BCUT2D eigenvalue weighted by atomic mass is 9.89. The largest absolute Gasteiger partial charge is 0.497 e. The van der Waals surface area contributed by atoms with Gasteiger partial charge in [-0.1, -0.05) is 12.1 Å². The number of benzene rings is 1. The molecule has 2 N–H and O–H groups in total. The highest BCUT2D eigenvalue weighted by atomic mass is 16.5. The summed E-state index contributed by atoms with van der Waals surface area (Å²) in [7, 11) is 1.63. The first kappa shape index (κ1) is 11.0. The minimum Gasteiger partial charge on any atom is -0.497 e. The highest BCUT2D eigenvalue weighted by Crippen LogP contribution is 2.34. The molecule has 0 bridgehead atoms. The molecule has 1 aliphatic rings. The second-order valence-electron chi connectivity index (χ2n) is 3.87. The molecule has 1 heterocycles. The van der Waals surface area contributed by atoms with Gasteiger partial charge in [0.2, 0.25) is 5.91 Å². The number of hydrogen-bond donors (Lipinski definition) is 1. The molecule has 1 aromatic rings. The lowest BCUT2D eigenvalue weighted by Gasteiger charge is -2.45. The normalized spacial score (nSPS) is 24.2. The molecule has 2 atom stereocenters. The summed E-state index contributed by atoms with van der Waals surface area (Å²) in [6.07, 6.45) is 0. The summed E-state index contributed by atoms with van der Waals surface area (Å²) >= 11 is 0. The van der Waals surface area contributed by atoms with Crippen LogP contribution in [0.2, 0.25) is 0 Å². The monoisotopic (exact) mass is 220 g/mol. The molecule has 0 unspecified atom stereocenters. The second-order valence-corrected chi connectivity index (χ2v) is 3.87. The number of carbonyl (C=O) groups excluding carboxylic acids is 1. The van der Waals surface area contributed by atoms with Gasteiger partial charge in [-0.25, -0.2) is 0 Å². The molecule has 16 heavy (non-hydrogen) atoms. The molecule has 2 rings (SSSR count). The quantitative estimate of drug-likeness (QED) is 0.771. The molecule has 1 aromatic carbocycles. The molecular formula is C12H16N2O2. The van der Waals surface area contributed by atoms with Crippen molar-refractivity contribution in [1.82, 2.24) is 4.90 Å². The summed E-state index contributed by atoms with van der Waals surface area (Å²) in [5, 5.41) is 0. The van der Waals surface area contributed by atoms with Crippen molar-refractivity contribution >= 4 is 5.91 Å². The molecule has 4 heteroatoms. The SMILES string of the molecule is CCN1C(=O)[C@@H](N)[C@H]1c1cccc(OC)c1. The number of β-lactam (4-membered cyclic amide) rings is 1. The van der Waals surface area contributed by atoms with Crippen molar-refractivity contribution in [3.63, 3.8) is 0 Å². The number of nitrogens with zero attached hydrogens (tertiary/aromatic N) is 1. The zero-order chi connectivity index (χ0) is 11.7. The molecule has 0 aromatic heterocycles. The summed E-state index contributed by atoms with van der Waals surface area (Å²) in [5.74, 6) is 0.815. The van der Waals surface area contributed by atoms with Crippen LogP contribution >= 0.6 is 0 Å². The first-order valence-electron chi connectivity index (χ1n) is 5.39. The Bertz CT molecular complexity index is 406. The van der Waals surface area contributed by atoms with Gasteiger partial charge in [-0.3, -0.25) is 4.79 Å². The van der Waals surface area contributed by atoms with Crippen molar-refractivity contribution in [1.29, 1.82) is 0 Å². The van der Waals surface area contributed by atoms with Crippen molar-refractivity contribution in [2.24, 2.45) is 5.73 Å². The van der Waals surface area contributed by atoms with Gasteiger partial charge in [-0.05, 0) is 24.6 Å². The number of likely N-dealkylation sites (N-methyl/N-ethyl adjacent to an activating group) is 1. The predicted molar refractivity (Wildman–Crippen MR) is 61.1 cm³/mol. The highest BCUT2D eigenvalue weighted by Gasteiger charge is 2.44. The topological polar surface area (TPSA) is 55.6 Å². The fraction of sp³-hybridized carbons (Fsp3) is 0.417. The van der Waals surface area contributed by atoms with E-state index in [1.165, 1.54) is 0 Å². The number of ether oxygens (including phenoxy) is 1. The van der Waals surface area contributed by atoms with Gasteiger partial charge >= 0.3 is 0 Å². The molecular weight excluding hydrogens is 204 g/mol. The molecule has 0 aliphatic carbocycles. The summed E-state index contributed by atoms with van der Waals surface area (Å²) in [4.78, 5) is 13.3. The maximum Gasteiger partial charge on any atom is 0.242 e. The molecule has 4 nitrogen and oxygen atoms in total. The third kappa shape index (κ3) is 1.55. The number of methoxy groups -OCH3 is 1. The Labute approximate surface area is 95.0 Å². The van der Waals surface area contributed by atoms with Crippen LogP contribution in [-0.2, 0) is 4.79 Å². The Hall–Kier alpha value is -1.55. The summed E-state index contributed by atoms with van der Waals surface area (Å²) in [6, 6.07) is 7.28. The van der Waals surface area contributed by atoms with Crippen molar-refractivity contribution in [2.75, 3.05) is 13.7 Å². The lowest BCUT2D eigenvalue weighted by Crippen LogP contribution is -2.62. The van der Waals surface area contributed by atoms with Gasteiger partial charge in [0.15, 0.2) is 0 Å². The lowest BCUT2D eigenvalue weighted by molar-refractivity contribution is -0.149. The average Bonchev–Trinajstić information content (AvgIpc) is 2.34. The maximum atomic E-state index is 11.5. The molecule has 1 amide bonds. The van der Waals surface area contributed by atoms with Crippen LogP contribution in [0.3, 0.4) is 0 Å². The van der Waals surface area contributed by atoms with Crippen LogP contribution in [0.25, 0.3) is 0 Å². The molecule has 0 saturated carbocycles. The average molecular weight is 220 g/mol. The predicted octanol–water partition coefficient (Wildman–Crippen LogP) is 0.926. The van der Waals surface area contributed by atoms with E-state index in [0.29, 0.717) is 6.54 Å². The number of amides is 1. The maximum absolute atomic E-state index is 11.5. The molecule has 86 valence electrons. The van der Waals surface area contributed by atoms with E-state index in [0.717, 1.165) is 11.3 Å². The van der Waals surface area contributed by atoms with E-state index in [1.54, 1.807) is 12.0 Å². The van der Waals surface area contributed by atoms with Crippen LogP contribution < -0.4 is 10.5 Å². The van der Waals surface area contributed by atoms with Gasteiger partial charge in [0, 0.05) is 6.54 Å². The molecule has 1 saturated heterocycles. The van der Waals surface area contributed by atoms with Crippen molar-refractivity contribution < 1.29 is 9.53 Å². The van der Waals surface area contributed by atoms with Crippen LogP contribution in [0.4, 0.5) is 0 Å². The van der Waals surface area contributed by atoms with E-state index in [1.807, 2.05) is 31.2 Å². The second kappa shape index (κ2) is 4.14. The Kier molecular flexibility index (Phi) is 2.83. The standard InChI is InChI=1S/C12H16N2O2/c1-3-14-11(10(13)12(14)15)8-5-4-6-9(7-8)16-2/h4-7,10-11H,3,13H2,1-2H3/t10-,11+/m0/s1. The zero-order valence-corrected chi connectivity index (χ0v) is 9.51. The fourth-order valence-electron chi connectivity index (χ4n) is 2.14. The summed E-state index contributed by atoms with van der Waals surface area (Å²) in [6.45, 7) is 2.64. The van der Waals surface area contributed by atoms with Gasteiger partial charge < -0.3 is 15.4 Å². The molecule has 0 radical (unpaired) electrons. The van der Waals surface area contributed by atoms with Crippen LogP contribution in [0, 0.1) is 0 Å². The number of hydrogen-bond acceptors (Lipinski definition) is 3. The van der Waals surface area contributed by atoms with Crippen molar-refractivity contribution in [3.8, 4) is 5.75 Å². The van der Waals surface area contributed by atoms with Crippen molar-refractivity contribution in [2.45, 2.75) is 19.0 Å². The van der Waals surface area contributed by atoms with Crippen LogP contribution in [0.1, 0.15) is 18.5 Å². The Balaban J connectivity index is 2.26. The molecule has 1 aliphatic heterocycles. The van der Waals surface area contributed by atoms with E-state index in [-0.39, 0.29) is 11.9 Å². The summed E-state index contributed by atoms with van der Waals surface area (Å²) < 4.78 is 5.16. The first-order chi connectivity index (χ1) is 7.69. The third-order valence-corrected chi connectivity index (χ3v) is 3.02.